The third kappa shape index (κ3) is 4.27. The first-order valence-electron chi connectivity index (χ1n) is 7.56. The summed E-state index contributed by atoms with van der Waals surface area (Å²) in [6.07, 6.45) is 0. The van der Waals surface area contributed by atoms with Crippen LogP contribution in [0.4, 0.5) is 5.69 Å². The lowest BCUT2D eigenvalue weighted by Crippen LogP contribution is -2.03. The fourth-order valence-corrected chi connectivity index (χ4v) is 2.51. The lowest BCUT2D eigenvalue weighted by atomic mass is 10.2. The predicted octanol–water partition coefficient (Wildman–Crippen LogP) is 5.53. The highest BCUT2D eigenvalue weighted by molar-refractivity contribution is 6.31. The van der Waals surface area contributed by atoms with Crippen molar-refractivity contribution >= 4 is 17.3 Å². The van der Waals surface area contributed by atoms with Crippen molar-refractivity contribution in [2.45, 2.75) is 13.2 Å². The number of rotatable bonds is 6. The fourth-order valence-electron chi connectivity index (χ4n) is 2.31. The fraction of sp³-hybridized carbons (Fsp3) is 0.100. The first-order chi connectivity index (χ1) is 11.3. The van der Waals surface area contributed by atoms with E-state index in [2.05, 4.69) is 17.4 Å². The first-order valence-corrected chi connectivity index (χ1v) is 7.94. The minimum absolute atomic E-state index is 0.547. The number of benzene rings is 3. The van der Waals surface area contributed by atoms with Crippen molar-refractivity contribution in [3.8, 4) is 5.75 Å². The van der Waals surface area contributed by atoms with E-state index in [4.69, 9.17) is 16.3 Å². The van der Waals surface area contributed by atoms with Gasteiger partial charge in [0.25, 0.3) is 0 Å². The highest BCUT2D eigenvalue weighted by Gasteiger charge is 2.04. The van der Waals surface area contributed by atoms with Crippen LogP contribution < -0.4 is 10.1 Å². The second-order valence-electron chi connectivity index (χ2n) is 5.22. The van der Waals surface area contributed by atoms with Crippen LogP contribution in [-0.2, 0) is 13.2 Å². The number of hydrogen-bond donors (Lipinski definition) is 1. The van der Waals surface area contributed by atoms with Gasteiger partial charge in [0.2, 0.25) is 0 Å². The molecule has 0 saturated heterocycles. The summed E-state index contributed by atoms with van der Waals surface area (Å²) in [6, 6.07) is 25.9. The number of nitrogens with one attached hydrogen (secondary N) is 1. The molecule has 2 nitrogen and oxygen atoms in total. The maximum absolute atomic E-state index is 6.20. The molecule has 0 aliphatic heterocycles. The van der Waals surface area contributed by atoms with E-state index in [1.165, 1.54) is 0 Å². The van der Waals surface area contributed by atoms with Crippen molar-refractivity contribution in [1.29, 1.82) is 0 Å². The van der Waals surface area contributed by atoms with Crippen molar-refractivity contribution in [2.75, 3.05) is 5.32 Å². The Morgan fingerprint density at radius 2 is 1.48 bits per heavy atom. The van der Waals surface area contributed by atoms with E-state index in [0.29, 0.717) is 13.2 Å². The molecule has 0 atom stereocenters. The Bertz CT molecular complexity index is 758. The third-order valence-electron chi connectivity index (χ3n) is 3.55. The lowest BCUT2D eigenvalue weighted by molar-refractivity contribution is 0.307. The van der Waals surface area contributed by atoms with Gasteiger partial charge in [-0.2, -0.15) is 0 Å². The van der Waals surface area contributed by atoms with Crippen LogP contribution in [0.15, 0.2) is 78.9 Å². The Morgan fingerprint density at radius 3 is 2.30 bits per heavy atom. The third-order valence-corrected chi connectivity index (χ3v) is 3.92. The monoisotopic (exact) mass is 323 g/mol. The maximum Gasteiger partial charge on any atom is 0.142 e. The summed E-state index contributed by atoms with van der Waals surface area (Å²) >= 11 is 6.20. The molecule has 116 valence electrons. The van der Waals surface area contributed by atoms with Crippen LogP contribution in [0.1, 0.15) is 11.1 Å². The Labute approximate surface area is 141 Å². The Hall–Kier alpha value is -2.45. The molecular formula is C20H18ClNO. The molecule has 0 heterocycles. The van der Waals surface area contributed by atoms with Gasteiger partial charge in [0, 0.05) is 11.6 Å². The van der Waals surface area contributed by atoms with E-state index in [1.807, 2.05) is 66.7 Å². The number of halogens is 1. The van der Waals surface area contributed by atoms with Gasteiger partial charge in [-0.15, -0.1) is 0 Å². The molecule has 0 fully saturated rings. The molecule has 3 rings (SSSR count). The van der Waals surface area contributed by atoms with Gasteiger partial charge in [0.1, 0.15) is 12.4 Å². The van der Waals surface area contributed by atoms with Crippen LogP contribution in [0, 0.1) is 0 Å². The average molecular weight is 324 g/mol. The largest absolute Gasteiger partial charge is 0.487 e. The zero-order valence-corrected chi connectivity index (χ0v) is 13.5. The summed E-state index contributed by atoms with van der Waals surface area (Å²) in [7, 11) is 0. The SMILES string of the molecule is Clc1ccccc1CNc1ccccc1OCc1ccccc1. The molecule has 0 aliphatic carbocycles. The quantitative estimate of drug-likeness (QED) is 0.644. The second kappa shape index (κ2) is 7.70. The minimum Gasteiger partial charge on any atom is -0.487 e. The molecule has 0 saturated carbocycles. The standard InChI is InChI=1S/C20H18ClNO/c21-18-11-5-4-10-17(18)14-22-19-12-6-7-13-20(19)23-15-16-8-2-1-3-9-16/h1-13,22H,14-15H2. The minimum atomic E-state index is 0.547. The van der Waals surface area contributed by atoms with E-state index in [-0.39, 0.29) is 0 Å². The molecular weight excluding hydrogens is 306 g/mol. The molecule has 0 bridgehead atoms. The van der Waals surface area contributed by atoms with Gasteiger partial charge in [-0.3, -0.25) is 0 Å². The van der Waals surface area contributed by atoms with Crippen LogP contribution in [0.2, 0.25) is 5.02 Å². The van der Waals surface area contributed by atoms with Crippen LogP contribution >= 0.6 is 11.6 Å². The number of hydrogen-bond acceptors (Lipinski definition) is 2. The smallest absolute Gasteiger partial charge is 0.142 e. The predicted molar refractivity (Wildman–Crippen MR) is 96.0 cm³/mol. The van der Waals surface area contributed by atoms with Gasteiger partial charge >= 0.3 is 0 Å². The van der Waals surface area contributed by atoms with Crippen LogP contribution in [0.3, 0.4) is 0 Å². The molecule has 1 N–H and O–H groups in total. The van der Waals surface area contributed by atoms with Crippen molar-refractivity contribution in [1.82, 2.24) is 0 Å². The molecule has 3 aromatic carbocycles. The number of ether oxygens (including phenoxy) is 1. The van der Waals surface area contributed by atoms with Crippen molar-refractivity contribution in [2.24, 2.45) is 0 Å². The van der Waals surface area contributed by atoms with Crippen molar-refractivity contribution in [3.05, 3.63) is 95.0 Å². The van der Waals surface area contributed by atoms with Crippen LogP contribution in [0.5, 0.6) is 5.75 Å². The average Bonchev–Trinajstić information content (AvgIpc) is 2.61. The molecule has 0 aliphatic rings. The maximum atomic E-state index is 6.20. The molecule has 0 spiro atoms. The van der Waals surface area contributed by atoms with Crippen LogP contribution in [-0.4, -0.2) is 0 Å². The molecule has 3 aromatic rings. The number of para-hydroxylation sites is 2. The van der Waals surface area contributed by atoms with E-state index in [1.54, 1.807) is 0 Å². The second-order valence-corrected chi connectivity index (χ2v) is 5.62. The van der Waals surface area contributed by atoms with Crippen LogP contribution in [0.25, 0.3) is 0 Å². The van der Waals surface area contributed by atoms with Crippen molar-refractivity contribution in [3.63, 3.8) is 0 Å². The normalized spacial score (nSPS) is 10.3. The molecule has 23 heavy (non-hydrogen) atoms. The summed E-state index contributed by atoms with van der Waals surface area (Å²) in [4.78, 5) is 0. The first kappa shape index (κ1) is 15.4. The summed E-state index contributed by atoms with van der Waals surface area (Å²) in [5.41, 5.74) is 3.17. The molecule has 3 heteroatoms. The van der Waals surface area contributed by atoms with Gasteiger partial charge in [-0.25, -0.2) is 0 Å². The highest BCUT2D eigenvalue weighted by Crippen LogP contribution is 2.26. The van der Waals surface area contributed by atoms with Gasteiger partial charge < -0.3 is 10.1 Å². The number of anilines is 1. The molecule has 0 aromatic heterocycles. The van der Waals surface area contributed by atoms with E-state index < -0.39 is 0 Å². The zero-order chi connectivity index (χ0) is 15.9. The molecule has 0 unspecified atom stereocenters. The highest BCUT2D eigenvalue weighted by atomic mass is 35.5. The summed E-state index contributed by atoms with van der Waals surface area (Å²) in [6.45, 7) is 1.21. The zero-order valence-electron chi connectivity index (χ0n) is 12.7. The molecule has 0 radical (unpaired) electrons. The van der Waals surface area contributed by atoms with E-state index in [9.17, 15) is 0 Å². The Balaban J connectivity index is 1.67. The summed E-state index contributed by atoms with van der Waals surface area (Å²) in [5, 5.41) is 4.16. The topological polar surface area (TPSA) is 21.3 Å². The van der Waals surface area contributed by atoms with Gasteiger partial charge in [0.05, 0.1) is 5.69 Å². The molecule has 0 amide bonds. The lowest BCUT2D eigenvalue weighted by Gasteiger charge is -2.14. The Kier molecular flexibility index (Phi) is 5.17. The summed E-state index contributed by atoms with van der Waals surface area (Å²) in [5.74, 6) is 0.836. The van der Waals surface area contributed by atoms with Gasteiger partial charge in [-0.1, -0.05) is 72.3 Å². The summed E-state index contributed by atoms with van der Waals surface area (Å²) < 4.78 is 5.95. The van der Waals surface area contributed by atoms with Crippen molar-refractivity contribution < 1.29 is 4.74 Å². The Morgan fingerprint density at radius 1 is 0.783 bits per heavy atom. The van der Waals surface area contributed by atoms with E-state index >= 15 is 0 Å². The van der Waals surface area contributed by atoms with Gasteiger partial charge in [0.15, 0.2) is 0 Å². The van der Waals surface area contributed by atoms with E-state index in [0.717, 1.165) is 27.6 Å². The van der Waals surface area contributed by atoms with Gasteiger partial charge in [-0.05, 0) is 29.3 Å².